The predicted octanol–water partition coefficient (Wildman–Crippen LogP) is 5.65. The summed E-state index contributed by atoms with van der Waals surface area (Å²) in [5, 5.41) is 0. The van der Waals surface area contributed by atoms with Crippen molar-refractivity contribution in [3.05, 3.63) is 12.0 Å². The average Bonchev–Trinajstić information content (AvgIpc) is 2.49. The van der Waals surface area contributed by atoms with Crippen molar-refractivity contribution in [1.82, 2.24) is 0 Å². The highest BCUT2D eigenvalue weighted by molar-refractivity contribution is 6.69. The summed E-state index contributed by atoms with van der Waals surface area (Å²) in [6, 6.07) is 0. The number of carbonyl (C=O) groups is 1. The molecule has 0 aliphatic heterocycles. The Balaban J connectivity index is 4.48. The van der Waals surface area contributed by atoms with Crippen LogP contribution in [0.15, 0.2) is 12.0 Å². The zero-order valence-corrected chi connectivity index (χ0v) is 17.9. The largest absolute Gasteiger partial charge is 0.520 e. The van der Waals surface area contributed by atoms with Crippen molar-refractivity contribution >= 4 is 14.3 Å². The lowest BCUT2D eigenvalue weighted by atomic mass is 9.89. The van der Waals surface area contributed by atoms with E-state index in [2.05, 4.69) is 26.6 Å². The van der Waals surface area contributed by atoms with E-state index in [1.54, 1.807) is 0 Å². The molecule has 0 amide bonds. The second kappa shape index (κ2) is 11.6. The molecule has 0 saturated carbocycles. The first-order chi connectivity index (χ1) is 11.1. The number of hydrogen-bond donors (Lipinski definition) is 0. The lowest BCUT2D eigenvalue weighted by molar-refractivity contribution is -0.150. The minimum atomic E-state index is -1.75. The first-order valence-corrected chi connectivity index (χ1v) is 12.6. The van der Waals surface area contributed by atoms with Crippen LogP contribution < -0.4 is 0 Å². The van der Waals surface area contributed by atoms with Gasteiger partial charge in [0.15, 0.2) is 0 Å². The molecule has 0 radical (unpaired) electrons. The fourth-order valence-electron chi connectivity index (χ4n) is 2.19. The van der Waals surface area contributed by atoms with Crippen LogP contribution in [0, 0.1) is 5.41 Å². The Morgan fingerprint density at radius 2 is 1.62 bits per heavy atom. The van der Waals surface area contributed by atoms with Gasteiger partial charge < -0.3 is 13.9 Å². The van der Waals surface area contributed by atoms with Crippen molar-refractivity contribution in [2.75, 3.05) is 13.7 Å². The van der Waals surface area contributed by atoms with E-state index in [0.717, 1.165) is 6.42 Å². The van der Waals surface area contributed by atoms with Gasteiger partial charge in [-0.25, -0.2) is 0 Å². The molecule has 0 aromatic carbocycles. The van der Waals surface area contributed by atoms with E-state index in [1.807, 2.05) is 19.9 Å². The maximum atomic E-state index is 11.8. The van der Waals surface area contributed by atoms with E-state index >= 15 is 0 Å². The van der Waals surface area contributed by atoms with Crippen molar-refractivity contribution in [2.45, 2.75) is 85.4 Å². The standard InChI is InChI=1S/C19H38O4Si/c1-8-9-10-11-12-13-16-22-17(23-24(5,6)7)14-15-19(2,3)18(20)21-4/h14H,8-13,15-16H2,1-7H3/b17-14-. The average molecular weight is 359 g/mol. The quantitative estimate of drug-likeness (QED) is 0.185. The van der Waals surface area contributed by atoms with Gasteiger partial charge in [0.05, 0.1) is 19.1 Å². The third kappa shape index (κ3) is 11.5. The van der Waals surface area contributed by atoms with Gasteiger partial charge in [0, 0.05) is 0 Å². The van der Waals surface area contributed by atoms with Crippen molar-refractivity contribution in [1.29, 1.82) is 0 Å². The normalized spacial score (nSPS) is 12.9. The zero-order valence-electron chi connectivity index (χ0n) is 16.9. The monoisotopic (exact) mass is 358 g/mol. The van der Waals surface area contributed by atoms with Crippen LogP contribution in [0.5, 0.6) is 0 Å². The van der Waals surface area contributed by atoms with E-state index in [9.17, 15) is 4.79 Å². The van der Waals surface area contributed by atoms with Crippen LogP contribution in [-0.2, 0) is 18.7 Å². The Hall–Kier alpha value is -0.973. The highest BCUT2D eigenvalue weighted by Crippen LogP contribution is 2.25. The SMILES string of the molecule is CCCCCCCCO/C(=C/CC(C)(C)C(=O)OC)O[Si](C)(C)C. The van der Waals surface area contributed by atoms with Gasteiger partial charge in [-0.2, -0.15) is 0 Å². The maximum absolute atomic E-state index is 11.8. The molecule has 0 fully saturated rings. The molecule has 5 heteroatoms. The number of esters is 1. The Labute approximate surface area is 150 Å². The Kier molecular flexibility index (Phi) is 11.1. The van der Waals surface area contributed by atoms with E-state index in [0.29, 0.717) is 19.0 Å². The van der Waals surface area contributed by atoms with Gasteiger partial charge in [-0.15, -0.1) is 0 Å². The molecular weight excluding hydrogens is 320 g/mol. The minimum Gasteiger partial charge on any atom is -0.520 e. The third-order valence-electron chi connectivity index (χ3n) is 3.67. The van der Waals surface area contributed by atoms with Crippen LogP contribution in [0.2, 0.25) is 19.6 Å². The lowest BCUT2D eigenvalue weighted by Crippen LogP contribution is -2.27. The van der Waals surface area contributed by atoms with Crippen LogP contribution in [0.3, 0.4) is 0 Å². The van der Waals surface area contributed by atoms with Crippen LogP contribution >= 0.6 is 0 Å². The summed E-state index contributed by atoms with van der Waals surface area (Å²) in [6.07, 6.45) is 9.81. The molecule has 0 aromatic rings. The number of carbonyl (C=O) groups excluding carboxylic acids is 1. The minimum absolute atomic E-state index is 0.220. The topological polar surface area (TPSA) is 44.8 Å². The van der Waals surface area contributed by atoms with Gasteiger partial charge in [0.25, 0.3) is 5.95 Å². The first kappa shape index (κ1) is 23.0. The molecule has 0 N–H and O–H groups in total. The van der Waals surface area contributed by atoms with Gasteiger partial charge in [-0.1, -0.05) is 39.0 Å². The number of rotatable bonds is 13. The number of ether oxygens (including phenoxy) is 2. The molecule has 0 aliphatic rings. The molecule has 0 rings (SSSR count). The Morgan fingerprint density at radius 1 is 1.04 bits per heavy atom. The molecular formula is C19H38O4Si. The fraction of sp³-hybridized carbons (Fsp3) is 0.842. The molecule has 0 spiro atoms. The molecule has 142 valence electrons. The summed E-state index contributed by atoms with van der Waals surface area (Å²) in [6.45, 7) is 13.0. The number of allylic oxidation sites excluding steroid dienone is 1. The van der Waals surface area contributed by atoms with Gasteiger partial charge in [0.1, 0.15) is 0 Å². The van der Waals surface area contributed by atoms with Crippen molar-refractivity contribution in [2.24, 2.45) is 5.41 Å². The second-order valence-electron chi connectivity index (χ2n) is 7.93. The van der Waals surface area contributed by atoms with Crippen molar-refractivity contribution < 1.29 is 18.7 Å². The first-order valence-electron chi connectivity index (χ1n) is 9.23. The van der Waals surface area contributed by atoms with Crippen LogP contribution in [0.25, 0.3) is 0 Å². The molecule has 0 saturated heterocycles. The molecule has 0 unspecified atom stereocenters. The van der Waals surface area contributed by atoms with Crippen LogP contribution in [-0.4, -0.2) is 28.0 Å². The predicted molar refractivity (Wildman–Crippen MR) is 102 cm³/mol. The molecule has 0 aliphatic carbocycles. The van der Waals surface area contributed by atoms with E-state index in [1.165, 1.54) is 39.2 Å². The summed E-state index contributed by atoms with van der Waals surface area (Å²) in [5.74, 6) is 0.349. The number of hydrogen-bond acceptors (Lipinski definition) is 4. The van der Waals surface area contributed by atoms with Crippen molar-refractivity contribution in [3.63, 3.8) is 0 Å². The van der Waals surface area contributed by atoms with Gasteiger partial charge >= 0.3 is 5.97 Å². The molecule has 0 aromatic heterocycles. The molecule has 0 bridgehead atoms. The number of methoxy groups -OCH3 is 1. The molecule has 24 heavy (non-hydrogen) atoms. The summed E-state index contributed by atoms with van der Waals surface area (Å²) >= 11 is 0. The number of unbranched alkanes of at least 4 members (excludes halogenated alkanes) is 5. The van der Waals surface area contributed by atoms with E-state index < -0.39 is 13.7 Å². The highest BCUT2D eigenvalue weighted by atomic mass is 28.4. The fourth-order valence-corrected chi connectivity index (χ4v) is 2.93. The summed E-state index contributed by atoms with van der Waals surface area (Å²) in [7, 11) is -0.329. The molecule has 0 heterocycles. The maximum Gasteiger partial charge on any atom is 0.311 e. The smallest absolute Gasteiger partial charge is 0.311 e. The second-order valence-corrected chi connectivity index (χ2v) is 12.4. The zero-order chi connectivity index (χ0) is 18.6. The molecule has 4 nitrogen and oxygen atoms in total. The Bertz CT molecular complexity index is 383. The summed E-state index contributed by atoms with van der Waals surface area (Å²) < 4.78 is 16.7. The van der Waals surface area contributed by atoms with Crippen LogP contribution in [0.1, 0.15) is 65.7 Å². The summed E-state index contributed by atoms with van der Waals surface area (Å²) in [4.78, 5) is 11.8. The van der Waals surface area contributed by atoms with Crippen LogP contribution in [0.4, 0.5) is 0 Å². The van der Waals surface area contributed by atoms with Gasteiger partial charge in [-0.05, 0) is 52.4 Å². The summed E-state index contributed by atoms with van der Waals surface area (Å²) in [5.41, 5.74) is -0.577. The third-order valence-corrected chi connectivity index (χ3v) is 4.48. The van der Waals surface area contributed by atoms with Crippen molar-refractivity contribution in [3.8, 4) is 0 Å². The highest BCUT2D eigenvalue weighted by Gasteiger charge is 2.28. The van der Waals surface area contributed by atoms with E-state index in [4.69, 9.17) is 13.9 Å². The van der Waals surface area contributed by atoms with Gasteiger partial charge in [-0.3, -0.25) is 4.79 Å². The van der Waals surface area contributed by atoms with Gasteiger partial charge in [0.2, 0.25) is 8.32 Å². The van der Waals surface area contributed by atoms with E-state index in [-0.39, 0.29) is 5.97 Å². The Morgan fingerprint density at radius 3 is 2.17 bits per heavy atom. The lowest BCUT2D eigenvalue weighted by Gasteiger charge is -2.24. The molecule has 0 atom stereocenters.